The summed E-state index contributed by atoms with van der Waals surface area (Å²) >= 11 is 0. The standard InChI is InChI=1S/C25H23NO2/c27-25(28)23-12-6-3-1-2-4-8-17-26-18-9-5-7-11-20-15-16-21-13-10-14-22(19-23)24(20)21/h1-14,17-19,26H,15-16H2,(H,27,28)/b3-1-,4-2-,7-5-,12-6?,17-8-,18-9-,20-11+,23-19?. The number of hydrogen-bond acceptors (Lipinski definition) is 2. The van der Waals surface area contributed by atoms with Crippen molar-refractivity contribution in [1.29, 1.82) is 0 Å². The van der Waals surface area contributed by atoms with Crippen LogP contribution in [0.2, 0.25) is 0 Å². The molecule has 2 aliphatic rings. The van der Waals surface area contributed by atoms with Crippen LogP contribution in [0.15, 0.2) is 103 Å². The van der Waals surface area contributed by atoms with E-state index >= 15 is 0 Å². The van der Waals surface area contributed by atoms with E-state index in [-0.39, 0.29) is 5.57 Å². The second kappa shape index (κ2) is 9.93. The number of carboxylic acid groups (broad SMARTS) is 1. The van der Waals surface area contributed by atoms with Crippen LogP contribution in [-0.2, 0) is 11.2 Å². The number of aliphatic carboxylic acids is 1. The minimum Gasteiger partial charge on any atom is -0.478 e. The van der Waals surface area contributed by atoms with Gasteiger partial charge in [0.25, 0.3) is 0 Å². The monoisotopic (exact) mass is 369 g/mol. The van der Waals surface area contributed by atoms with Crippen molar-refractivity contribution in [1.82, 2.24) is 5.32 Å². The molecular formula is C25H23NO2. The van der Waals surface area contributed by atoms with Crippen LogP contribution in [0.25, 0.3) is 11.6 Å². The van der Waals surface area contributed by atoms with E-state index in [1.54, 1.807) is 18.2 Å². The predicted octanol–water partition coefficient (Wildman–Crippen LogP) is 5.34. The van der Waals surface area contributed by atoms with Crippen molar-refractivity contribution < 1.29 is 9.90 Å². The number of carboxylic acids is 1. The molecule has 0 unspecified atom stereocenters. The Labute approximate surface area is 165 Å². The Morgan fingerprint density at radius 1 is 0.857 bits per heavy atom. The summed E-state index contributed by atoms with van der Waals surface area (Å²) in [7, 11) is 0. The summed E-state index contributed by atoms with van der Waals surface area (Å²) < 4.78 is 0. The molecule has 1 aliphatic carbocycles. The van der Waals surface area contributed by atoms with Gasteiger partial charge in [0.15, 0.2) is 0 Å². The van der Waals surface area contributed by atoms with Crippen LogP contribution >= 0.6 is 0 Å². The maximum atomic E-state index is 11.7. The third-order valence-corrected chi connectivity index (χ3v) is 4.46. The molecule has 0 spiro atoms. The summed E-state index contributed by atoms with van der Waals surface area (Å²) in [6, 6.07) is 6.09. The smallest absolute Gasteiger partial charge is 0.335 e. The average Bonchev–Trinajstić information content (AvgIpc) is 3.10. The van der Waals surface area contributed by atoms with E-state index in [0.717, 1.165) is 24.0 Å². The van der Waals surface area contributed by atoms with Crippen LogP contribution < -0.4 is 5.32 Å². The molecule has 1 aromatic carbocycles. The fourth-order valence-electron chi connectivity index (χ4n) is 3.18. The van der Waals surface area contributed by atoms with Gasteiger partial charge >= 0.3 is 5.97 Å². The summed E-state index contributed by atoms with van der Waals surface area (Å²) in [5.41, 5.74) is 4.85. The number of rotatable bonds is 1. The Hall–Kier alpha value is -3.59. The van der Waals surface area contributed by atoms with Crippen LogP contribution in [0.1, 0.15) is 23.1 Å². The second-order valence-electron chi connectivity index (χ2n) is 6.38. The zero-order valence-corrected chi connectivity index (χ0v) is 15.6. The Kier molecular flexibility index (Phi) is 6.80. The molecule has 3 heteroatoms. The minimum atomic E-state index is -0.939. The highest BCUT2D eigenvalue weighted by Crippen LogP contribution is 2.36. The van der Waals surface area contributed by atoms with E-state index in [1.165, 1.54) is 11.1 Å². The molecule has 0 aromatic heterocycles. The SMILES string of the molecule is O=C(O)C1=Cc2cccc3c2/C(=C/C=C\C=C/N\C=C/C=C\C=C/C=C1)CC3. The largest absolute Gasteiger partial charge is 0.478 e. The highest BCUT2D eigenvalue weighted by atomic mass is 16.4. The molecule has 0 atom stereocenters. The van der Waals surface area contributed by atoms with E-state index in [0.29, 0.717) is 0 Å². The number of carbonyl (C=O) groups is 1. The minimum absolute atomic E-state index is 0.258. The lowest BCUT2D eigenvalue weighted by atomic mass is 9.98. The predicted molar refractivity (Wildman–Crippen MR) is 116 cm³/mol. The van der Waals surface area contributed by atoms with Gasteiger partial charge in [-0.15, -0.1) is 0 Å². The summed E-state index contributed by atoms with van der Waals surface area (Å²) in [5, 5.41) is 12.7. The van der Waals surface area contributed by atoms with E-state index in [4.69, 9.17) is 0 Å². The van der Waals surface area contributed by atoms with Crippen molar-refractivity contribution in [2.45, 2.75) is 12.8 Å². The number of allylic oxidation sites excluding steroid dienone is 11. The maximum Gasteiger partial charge on any atom is 0.335 e. The van der Waals surface area contributed by atoms with Gasteiger partial charge in [-0.2, -0.15) is 0 Å². The van der Waals surface area contributed by atoms with Crippen molar-refractivity contribution in [3.8, 4) is 0 Å². The number of hydrogen-bond donors (Lipinski definition) is 2. The Bertz CT molecular complexity index is 966. The number of benzene rings is 1. The first-order valence-corrected chi connectivity index (χ1v) is 9.28. The molecule has 0 saturated heterocycles. The van der Waals surface area contributed by atoms with Crippen molar-refractivity contribution in [2.75, 3.05) is 0 Å². The van der Waals surface area contributed by atoms with Crippen LogP contribution in [0, 0.1) is 0 Å². The average molecular weight is 369 g/mol. The molecule has 140 valence electrons. The molecule has 3 rings (SSSR count). The third-order valence-electron chi connectivity index (χ3n) is 4.46. The van der Waals surface area contributed by atoms with Gasteiger partial charge in [-0.3, -0.25) is 0 Å². The van der Waals surface area contributed by atoms with Crippen molar-refractivity contribution in [3.63, 3.8) is 0 Å². The normalized spacial score (nSPS) is 24.0. The summed E-state index contributed by atoms with van der Waals surface area (Å²) in [6.45, 7) is 0. The van der Waals surface area contributed by atoms with E-state index < -0.39 is 5.97 Å². The molecule has 0 saturated carbocycles. The van der Waals surface area contributed by atoms with E-state index in [1.807, 2.05) is 73.1 Å². The molecule has 0 fully saturated rings. The van der Waals surface area contributed by atoms with Crippen molar-refractivity contribution in [2.24, 2.45) is 0 Å². The Balaban J connectivity index is 2.04. The molecule has 0 radical (unpaired) electrons. The topological polar surface area (TPSA) is 49.3 Å². The van der Waals surface area contributed by atoms with Gasteiger partial charge in [0.05, 0.1) is 5.57 Å². The summed E-state index contributed by atoms with van der Waals surface area (Å²) in [5.74, 6) is -0.939. The lowest BCUT2D eigenvalue weighted by Gasteiger charge is -2.07. The number of aryl methyl sites for hydroxylation is 1. The molecular weight excluding hydrogens is 346 g/mol. The molecule has 2 N–H and O–H groups in total. The van der Waals surface area contributed by atoms with Gasteiger partial charge in [-0.1, -0.05) is 66.8 Å². The number of nitrogens with one attached hydrogen (secondary N) is 1. The molecule has 3 nitrogen and oxygen atoms in total. The highest BCUT2D eigenvalue weighted by Gasteiger charge is 2.18. The van der Waals surface area contributed by atoms with Crippen LogP contribution in [0.3, 0.4) is 0 Å². The van der Waals surface area contributed by atoms with Gasteiger partial charge in [-0.05, 0) is 59.4 Å². The first kappa shape index (κ1) is 19.2. The molecule has 1 aliphatic heterocycles. The Morgan fingerprint density at radius 2 is 1.57 bits per heavy atom. The first-order valence-electron chi connectivity index (χ1n) is 9.28. The van der Waals surface area contributed by atoms with Crippen LogP contribution in [-0.4, -0.2) is 11.1 Å². The van der Waals surface area contributed by atoms with Gasteiger partial charge < -0.3 is 10.4 Å². The second-order valence-corrected chi connectivity index (χ2v) is 6.38. The summed E-state index contributed by atoms with van der Waals surface area (Å²) in [4.78, 5) is 11.7. The van der Waals surface area contributed by atoms with Gasteiger partial charge in [-0.25, -0.2) is 4.79 Å². The van der Waals surface area contributed by atoms with E-state index in [2.05, 4.69) is 17.5 Å². The van der Waals surface area contributed by atoms with Gasteiger partial charge in [0.2, 0.25) is 0 Å². The lowest BCUT2D eigenvalue weighted by molar-refractivity contribution is -0.132. The van der Waals surface area contributed by atoms with Gasteiger partial charge in [0.1, 0.15) is 0 Å². The maximum absolute atomic E-state index is 11.7. The van der Waals surface area contributed by atoms with Gasteiger partial charge in [0, 0.05) is 12.4 Å². The molecule has 28 heavy (non-hydrogen) atoms. The third kappa shape index (κ3) is 5.21. The quantitative estimate of drug-likeness (QED) is 0.702. The Morgan fingerprint density at radius 3 is 2.36 bits per heavy atom. The zero-order chi connectivity index (χ0) is 19.6. The van der Waals surface area contributed by atoms with Crippen LogP contribution in [0.5, 0.6) is 0 Å². The fraction of sp³-hybridized carbons (Fsp3) is 0.0800. The zero-order valence-electron chi connectivity index (χ0n) is 15.6. The van der Waals surface area contributed by atoms with E-state index in [9.17, 15) is 9.90 Å². The first-order chi connectivity index (χ1) is 13.8. The van der Waals surface area contributed by atoms with Crippen molar-refractivity contribution >= 4 is 17.6 Å². The molecule has 1 heterocycles. The fourth-order valence-corrected chi connectivity index (χ4v) is 3.18. The molecule has 0 amide bonds. The summed E-state index contributed by atoms with van der Waals surface area (Å²) in [6.07, 6.45) is 28.1. The molecule has 1 aromatic rings. The lowest BCUT2D eigenvalue weighted by Crippen LogP contribution is -1.98. The highest BCUT2D eigenvalue weighted by molar-refractivity contribution is 5.96. The molecule has 0 bridgehead atoms. The van der Waals surface area contributed by atoms with Crippen molar-refractivity contribution in [3.05, 3.63) is 120 Å². The van der Waals surface area contributed by atoms with Crippen LogP contribution in [0.4, 0.5) is 0 Å².